The molecule has 1 heteroatoms. The summed E-state index contributed by atoms with van der Waals surface area (Å²) in [5.41, 5.74) is 0. The molecule has 1 heterocycles. The highest BCUT2D eigenvalue weighted by molar-refractivity contribution is 4.67. The Kier molecular flexibility index (Phi) is 4.78. The van der Waals surface area contributed by atoms with E-state index >= 15 is 0 Å². The first-order valence-electron chi connectivity index (χ1n) is 3.97. The summed E-state index contributed by atoms with van der Waals surface area (Å²) in [5.74, 6) is 0.949. The van der Waals surface area contributed by atoms with Gasteiger partial charge in [0.1, 0.15) is 0 Å². The predicted octanol–water partition coefficient (Wildman–Crippen LogP) is 1.98. The van der Waals surface area contributed by atoms with Gasteiger partial charge in [-0.15, -0.1) is 0 Å². The minimum atomic E-state index is 0.949. The van der Waals surface area contributed by atoms with Gasteiger partial charge in [-0.25, -0.2) is 0 Å². The smallest absolute Gasteiger partial charge is 0.000445 e. The summed E-state index contributed by atoms with van der Waals surface area (Å²) in [7, 11) is 2.18. The standard InChI is InChI=1S/C6H13N.C2H6/c1-6-3-4-7(2)5-6;1-2/h6H,3-5H2,1-2H3;1-2H3/t6-;/m0./s1. The second kappa shape index (κ2) is 4.80. The van der Waals surface area contributed by atoms with E-state index in [9.17, 15) is 0 Å². The number of hydrogen-bond donors (Lipinski definition) is 0. The van der Waals surface area contributed by atoms with Crippen LogP contribution in [0.3, 0.4) is 0 Å². The van der Waals surface area contributed by atoms with Crippen LogP contribution in [0.4, 0.5) is 0 Å². The highest BCUT2D eigenvalue weighted by Crippen LogP contribution is 2.11. The van der Waals surface area contributed by atoms with Crippen molar-refractivity contribution < 1.29 is 0 Å². The molecule has 0 radical (unpaired) electrons. The van der Waals surface area contributed by atoms with Crippen molar-refractivity contribution >= 4 is 0 Å². The lowest BCUT2D eigenvalue weighted by atomic mass is 10.2. The zero-order valence-electron chi connectivity index (χ0n) is 7.15. The van der Waals surface area contributed by atoms with Crippen LogP contribution < -0.4 is 0 Å². The SMILES string of the molecule is CC.C[C@H]1CCN(C)C1. The van der Waals surface area contributed by atoms with E-state index in [1.807, 2.05) is 13.8 Å². The second-order valence-corrected chi connectivity index (χ2v) is 2.66. The van der Waals surface area contributed by atoms with E-state index in [0.29, 0.717) is 0 Å². The largest absolute Gasteiger partial charge is 0.306 e. The van der Waals surface area contributed by atoms with Crippen LogP contribution in [0, 0.1) is 5.92 Å². The minimum Gasteiger partial charge on any atom is -0.306 e. The van der Waals surface area contributed by atoms with Gasteiger partial charge in [-0.05, 0) is 25.9 Å². The van der Waals surface area contributed by atoms with E-state index in [1.54, 1.807) is 0 Å². The third-order valence-corrected chi connectivity index (χ3v) is 1.63. The Morgan fingerprint density at radius 2 is 1.89 bits per heavy atom. The molecule has 0 bridgehead atoms. The maximum atomic E-state index is 2.38. The number of nitrogens with zero attached hydrogens (tertiary/aromatic N) is 1. The Labute approximate surface area is 59.1 Å². The van der Waals surface area contributed by atoms with Gasteiger partial charge >= 0.3 is 0 Å². The van der Waals surface area contributed by atoms with Gasteiger partial charge in [0.15, 0.2) is 0 Å². The summed E-state index contributed by atoms with van der Waals surface area (Å²) in [6, 6.07) is 0. The number of hydrogen-bond acceptors (Lipinski definition) is 1. The van der Waals surface area contributed by atoms with Crippen LogP contribution in [0.2, 0.25) is 0 Å². The van der Waals surface area contributed by atoms with Crippen molar-refractivity contribution in [3.63, 3.8) is 0 Å². The normalized spacial score (nSPS) is 27.3. The Balaban J connectivity index is 0.000000291. The average Bonchev–Trinajstić information content (AvgIpc) is 2.20. The molecule has 1 aliphatic heterocycles. The monoisotopic (exact) mass is 129 g/mol. The molecule has 0 aromatic heterocycles. The van der Waals surface area contributed by atoms with Crippen LogP contribution in [0.5, 0.6) is 0 Å². The molecule has 0 saturated carbocycles. The number of rotatable bonds is 0. The van der Waals surface area contributed by atoms with Crippen molar-refractivity contribution in [2.45, 2.75) is 27.2 Å². The quantitative estimate of drug-likeness (QED) is 0.483. The molecule has 0 aromatic rings. The van der Waals surface area contributed by atoms with Gasteiger partial charge in [-0.2, -0.15) is 0 Å². The van der Waals surface area contributed by atoms with E-state index in [1.165, 1.54) is 19.5 Å². The number of likely N-dealkylation sites (tertiary alicyclic amines) is 1. The molecule has 0 N–H and O–H groups in total. The fraction of sp³-hybridized carbons (Fsp3) is 1.00. The van der Waals surface area contributed by atoms with Gasteiger partial charge in [-0.3, -0.25) is 0 Å². The van der Waals surface area contributed by atoms with Crippen LogP contribution >= 0.6 is 0 Å². The molecule has 1 atom stereocenters. The third kappa shape index (κ3) is 3.52. The summed E-state index contributed by atoms with van der Waals surface area (Å²) in [6.45, 7) is 8.92. The molecule has 1 aliphatic rings. The molecule has 1 saturated heterocycles. The Bertz CT molecular complexity index is 53.6. The zero-order valence-corrected chi connectivity index (χ0v) is 7.15. The molecule has 0 aliphatic carbocycles. The molecule has 0 aromatic carbocycles. The van der Waals surface area contributed by atoms with Gasteiger partial charge in [0.25, 0.3) is 0 Å². The van der Waals surface area contributed by atoms with E-state index in [2.05, 4.69) is 18.9 Å². The van der Waals surface area contributed by atoms with Gasteiger partial charge in [0, 0.05) is 6.54 Å². The van der Waals surface area contributed by atoms with E-state index in [4.69, 9.17) is 0 Å². The Morgan fingerprint density at radius 3 is 2.00 bits per heavy atom. The maximum absolute atomic E-state index is 2.38. The van der Waals surface area contributed by atoms with Crippen LogP contribution in [0.15, 0.2) is 0 Å². The third-order valence-electron chi connectivity index (χ3n) is 1.63. The summed E-state index contributed by atoms with van der Waals surface area (Å²) in [4.78, 5) is 2.38. The molecule has 0 unspecified atom stereocenters. The lowest BCUT2D eigenvalue weighted by Gasteiger charge is -2.03. The molecular weight excluding hydrogens is 110 g/mol. The second-order valence-electron chi connectivity index (χ2n) is 2.66. The highest BCUT2D eigenvalue weighted by Gasteiger charge is 2.13. The first-order chi connectivity index (χ1) is 4.29. The van der Waals surface area contributed by atoms with Crippen molar-refractivity contribution in [1.29, 1.82) is 0 Å². The molecule has 1 rings (SSSR count). The molecule has 56 valence electrons. The fourth-order valence-corrected chi connectivity index (χ4v) is 1.16. The van der Waals surface area contributed by atoms with Crippen LogP contribution in [0.25, 0.3) is 0 Å². The van der Waals surface area contributed by atoms with Crippen LogP contribution in [-0.2, 0) is 0 Å². The minimum absolute atomic E-state index is 0.949. The van der Waals surface area contributed by atoms with Crippen molar-refractivity contribution in [2.24, 2.45) is 5.92 Å². The first kappa shape index (κ1) is 8.96. The van der Waals surface area contributed by atoms with E-state index < -0.39 is 0 Å². The zero-order chi connectivity index (χ0) is 7.28. The van der Waals surface area contributed by atoms with Crippen molar-refractivity contribution in [3.05, 3.63) is 0 Å². The average molecular weight is 129 g/mol. The lowest BCUT2D eigenvalue weighted by molar-refractivity contribution is 0.402. The summed E-state index contributed by atoms with van der Waals surface area (Å²) >= 11 is 0. The summed E-state index contributed by atoms with van der Waals surface area (Å²) < 4.78 is 0. The van der Waals surface area contributed by atoms with Gasteiger partial charge in [0.2, 0.25) is 0 Å². The van der Waals surface area contributed by atoms with Gasteiger partial charge in [0.05, 0.1) is 0 Å². The highest BCUT2D eigenvalue weighted by atomic mass is 15.1. The maximum Gasteiger partial charge on any atom is 0.000445 e. The predicted molar refractivity (Wildman–Crippen MR) is 42.6 cm³/mol. The molecule has 1 nitrogen and oxygen atoms in total. The molecule has 1 fully saturated rings. The topological polar surface area (TPSA) is 3.24 Å². The van der Waals surface area contributed by atoms with Crippen molar-refractivity contribution in [1.82, 2.24) is 4.90 Å². The molecule has 9 heavy (non-hydrogen) atoms. The fourth-order valence-electron chi connectivity index (χ4n) is 1.16. The van der Waals surface area contributed by atoms with Gasteiger partial charge in [-0.1, -0.05) is 20.8 Å². The van der Waals surface area contributed by atoms with E-state index in [-0.39, 0.29) is 0 Å². The molecular formula is C8H19N. The van der Waals surface area contributed by atoms with Gasteiger partial charge < -0.3 is 4.90 Å². The van der Waals surface area contributed by atoms with Crippen LogP contribution in [-0.4, -0.2) is 25.0 Å². The van der Waals surface area contributed by atoms with E-state index in [0.717, 1.165) is 5.92 Å². The van der Waals surface area contributed by atoms with Crippen molar-refractivity contribution in [3.8, 4) is 0 Å². The summed E-state index contributed by atoms with van der Waals surface area (Å²) in [6.07, 6.45) is 1.40. The first-order valence-corrected chi connectivity index (χ1v) is 3.97. The Morgan fingerprint density at radius 1 is 1.33 bits per heavy atom. The Hall–Kier alpha value is -0.0400. The lowest BCUT2D eigenvalue weighted by Crippen LogP contribution is -2.12. The molecule has 0 spiro atoms. The van der Waals surface area contributed by atoms with Crippen LogP contribution in [0.1, 0.15) is 27.2 Å². The molecule has 0 amide bonds. The summed E-state index contributed by atoms with van der Waals surface area (Å²) in [5, 5.41) is 0. The van der Waals surface area contributed by atoms with Crippen molar-refractivity contribution in [2.75, 3.05) is 20.1 Å².